The van der Waals surface area contributed by atoms with E-state index in [9.17, 15) is 0 Å². The summed E-state index contributed by atoms with van der Waals surface area (Å²) in [5.74, 6) is 0.898. The number of nitriles is 1. The zero-order chi connectivity index (χ0) is 14.5. The summed E-state index contributed by atoms with van der Waals surface area (Å²) in [6.45, 7) is 6.73. The fraction of sp³-hybridized carbons (Fsp3) is 0.375. The predicted molar refractivity (Wildman–Crippen MR) is 81.3 cm³/mol. The van der Waals surface area contributed by atoms with E-state index in [0.29, 0.717) is 6.61 Å². The lowest BCUT2D eigenvalue weighted by atomic mass is 10.1. The standard InChI is InChI=1S/C16H18N2OS/c1-4-14-15(10-17)20-16(18-14)5-6-19-13-8-11(2)7-12(3)9-13/h7-9H,4-6H2,1-3H3. The van der Waals surface area contributed by atoms with Crippen LogP contribution in [0.25, 0.3) is 0 Å². The van der Waals surface area contributed by atoms with E-state index in [1.807, 2.05) is 19.1 Å². The van der Waals surface area contributed by atoms with Crippen molar-refractivity contribution in [3.63, 3.8) is 0 Å². The molecule has 0 fully saturated rings. The minimum Gasteiger partial charge on any atom is -0.493 e. The maximum Gasteiger partial charge on any atom is 0.128 e. The largest absolute Gasteiger partial charge is 0.493 e. The van der Waals surface area contributed by atoms with Gasteiger partial charge in [-0.05, 0) is 43.5 Å². The smallest absolute Gasteiger partial charge is 0.128 e. The molecule has 0 aliphatic heterocycles. The molecular weight excluding hydrogens is 268 g/mol. The van der Waals surface area contributed by atoms with E-state index >= 15 is 0 Å². The van der Waals surface area contributed by atoms with Crippen LogP contribution in [-0.4, -0.2) is 11.6 Å². The topological polar surface area (TPSA) is 45.9 Å². The number of ether oxygens (including phenoxy) is 1. The Hall–Kier alpha value is -1.86. The molecule has 0 unspecified atom stereocenters. The maximum atomic E-state index is 9.02. The Morgan fingerprint density at radius 3 is 2.50 bits per heavy atom. The number of rotatable bonds is 5. The molecule has 0 saturated carbocycles. The van der Waals surface area contributed by atoms with E-state index in [1.165, 1.54) is 22.5 Å². The van der Waals surface area contributed by atoms with Crippen LogP contribution in [0.3, 0.4) is 0 Å². The summed E-state index contributed by atoms with van der Waals surface area (Å²) in [5, 5.41) is 9.99. The van der Waals surface area contributed by atoms with Crippen molar-refractivity contribution in [1.29, 1.82) is 5.26 Å². The van der Waals surface area contributed by atoms with E-state index in [-0.39, 0.29) is 0 Å². The van der Waals surface area contributed by atoms with Crippen LogP contribution in [0, 0.1) is 25.2 Å². The molecule has 0 radical (unpaired) electrons. The molecule has 0 aliphatic carbocycles. The lowest BCUT2D eigenvalue weighted by Gasteiger charge is -2.07. The van der Waals surface area contributed by atoms with Crippen molar-refractivity contribution in [2.45, 2.75) is 33.6 Å². The first kappa shape index (κ1) is 14.5. The fourth-order valence-corrected chi connectivity index (χ4v) is 3.04. The number of hydrogen-bond acceptors (Lipinski definition) is 4. The van der Waals surface area contributed by atoms with Gasteiger partial charge in [-0.1, -0.05) is 13.0 Å². The van der Waals surface area contributed by atoms with Crippen LogP contribution in [0.5, 0.6) is 5.75 Å². The highest BCUT2D eigenvalue weighted by Gasteiger charge is 2.09. The van der Waals surface area contributed by atoms with Crippen LogP contribution in [0.1, 0.15) is 33.6 Å². The average Bonchev–Trinajstić information content (AvgIpc) is 2.80. The molecule has 0 atom stereocenters. The molecule has 0 aliphatic rings. The van der Waals surface area contributed by atoms with E-state index in [1.54, 1.807) is 0 Å². The highest BCUT2D eigenvalue weighted by atomic mass is 32.1. The Balaban J connectivity index is 1.96. The van der Waals surface area contributed by atoms with Gasteiger partial charge in [-0.25, -0.2) is 4.98 Å². The van der Waals surface area contributed by atoms with Crippen LogP contribution in [0.2, 0.25) is 0 Å². The van der Waals surface area contributed by atoms with Crippen molar-refractivity contribution in [2.75, 3.05) is 6.61 Å². The van der Waals surface area contributed by atoms with Crippen molar-refractivity contribution in [3.05, 3.63) is 44.9 Å². The van der Waals surface area contributed by atoms with Gasteiger partial charge < -0.3 is 4.74 Å². The summed E-state index contributed by atoms with van der Waals surface area (Å²) in [5.41, 5.74) is 3.31. The second kappa shape index (κ2) is 6.53. The van der Waals surface area contributed by atoms with Crippen molar-refractivity contribution in [3.8, 4) is 11.8 Å². The van der Waals surface area contributed by atoms with Gasteiger partial charge in [0.1, 0.15) is 16.7 Å². The molecule has 3 nitrogen and oxygen atoms in total. The normalized spacial score (nSPS) is 10.3. The Labute approximate surface area is 123 Å². The van der Waals surface area contributed by atoms with E-state index < -0.39 is 0 Å². The van der Waals surface area contributed by atoms with Gasteiger partial charge in [-0.3, -0.25) is 0 Å². The summed E-state index contributed by atoms with van der Waals surface area (Å²) >= 11 is 1.47. The minimum absolute atomic E-state index is 0.588. The number of aromatic nitrogens is 1. The third-order valence-electron chi connectivity index (χ3n) is 2.96. The van der Waals surface area contributed by atoms with Gasteiger partial charge in [0.25, 0.3) is 0 Å². The molecule has 0 amide bonds. The molecule has 0 saturated heterocycles. The first-order chi connectivity index (χ1) is 9.62. The van der Waals surface area contributed by atoms with Crippen LogP contribution in [0.15, 0.2) is 18.2 Å². The molecule has 104 valence electrons. The highest BCUT2D eigenvalue weighted by Crippen LogP contribution is 2.20. The summed E-state index contributed by atoms with van der Waals surface area (Å²) in [6, 6.07) is 8.40. The molecule has 20 heavy (non-hydrogen) atoms. The highest BCUT2D eigenvalue weighted by molar-refractivity contribution is 7.12. The zero-order valence-corrected chi connectivity index (χ0v) is 12.9. The molecule has 1 aromatic heterocycles. The monoisotopic (exact) mass is 286 g/mol. The minimum atomic E-state index is 0.588. The lowest BCUT2D eigenvalue weighted by molar-refractivity contribution is 0.321. The molecule has 4 heteroatoms. The Kier molecular flexibility index (Phi) is 4.75. The fourth-order valence-electron chi connectivity index (χ4n) is 2.11. The van der Waals surface area contributed by atoms with Gasteiger partial charge in [0.2, 0.25) is 0 Å². The van der Waals surface area contributed by atoms with Gasteiger partial charge in [0, 0.05) is 6.42 Å². The number of nitrogens with zero attached hydrogens (tertiary/aromatic N) is 2. The molecule has 2 rings (SSSR count). The summed E-state index contributed by atoms with van der Waals surface area (Å²) in [6.07, 6.45) is 1.55. The summed E-state index contributed by atoms with van der Waals surface area (Å²) in [7, 11) is 0. The Morgan fingerprint density at radius 2 is 1.95 bits per heavy atom. The van der Waals surface area contributed by atoms with Crippen molar-refractivity contribution >= 4 is 11.3 Å². The van der Waals surface area contributed by atoms with Crippen molar-refractivity contribution < 1.29 is 4.74 Å². The number of benzene rings is 1. The van der Waals surface area contributed by atoms with E-state index in [0.717, 1.165) is 34.2 Å². The van der Waals surface area contributed by atoms with Gasteiger partial charge in [0.15, 0.2) is 0 Å². The second-order valence-electron chi connectivity index (χ2n) is 4.77. The quantitative estimate of drug-likeness (QED) is 0.839. The first-order valence-corrected chi connectivity index (χ1v) is 7.53. The summed E-state index contributed by atoms with van der Waals surface area (Å²) in [4.78, 5) is 5.21. The van der Waals surface area contributed by atoms with Gasteiger partial charge in [-0.15, -0.1) is 11.3 Å². The second-order valence-corrected chi connectivity index (χ2v) is 5.85. The van der Waals surface area contributed by atoms with E-state index in [2.05, 4.69) is 31.0 Å². The van der Waals surface area contributed by atoms with Crippen molar-refractivity contribution in [2.24, 2.45) is 0 Å². The Morgan fingerprint density at radius 1 is 1.25 bits per heavy atom. The van der Waals surface area contributed by atoms with E-state index in [4.69, 9.17) is 10.00 Å². The molecule has 1 heterocycles. The predicted octanol–water partition coefficient (Wildman–Crippen LogP) is 3.82. The third kappa shape index (κ3) is 3.58. The van der Waals surface area contributed by atoms with Gasteiger partial charge in [-0.2, -0.15) is 5.26 Å². The number of thiazole rings is 1. The van der Waals surface area contributed by atoms with Gasteiger partial charge >= 0.3 is 0 Å². The van der Waals surface area contributed by atoms with Crippen molar-refractivity contribution in [1.82, 2.24) is 4.98 Å². The first-order valence-electron chi connectivity index (χ1n) is 6.72. The van der Waals surface area contributed by atoms with Gasteiger partial charge in [0.05, 0.1) is 17.3 Å². The molecule has 0 spiro atoms. The molecular formula is C16H18N2OS. The third-order valence-corrected chi connectivity index (χ3v) is 4.02. The SMILES string of the molecule is CCc1nc(CCOc2cc(C)cc(C)c2)sc1C#N. The number of aryl methyl sites for hydroxylation is 3. The molecule has 1 aromatic carbocycles. The van der Waals surface area contributed by atoms with Crippen LogP contribution < -0.4 is 4.74 Å². The van der Waals surface area contributed by atoms with Crippen LogP contribution in [-0.2, 0) is 12.8 Å². The summed E-state index contributed by atoms with van der Waals surface area (Å²) < 4.78 is 5.77. The number of hydrogen-bond donors (Lipinski definition) is 0. The average molecular weight is 286 g/mol. The van der Waals surface area contributed by atoms with Crippen LogP contribution >= 0.6 is 11.3 Å². The lowest BCUT2D eigenvalue weighted by Crippen LogP contribution is -2.01. The maximum absolute atomic E-state index is 9.02. The Bertz CT molecular complexity index is 620. The van der Waals surface area contributed by atoms with Crippen LogP contribution in [0.4, 0.5) is 0 Å². The molecule has 0 N–H and O–H groups in total. The molecule has 0 bridgehead atoms. The molecule has 2 aromatic rings. The zero-order valence-electron chi connectivity index (χ0n) is 12.1.